The Hall–Kier alpha value is -3.69. The number of carboxylic acid groups (broad SMARTS) is 1. The molecule has 1 aromatic heterocycles. The molecular weight excluding hydrogens is 468 g/mol. The van der Waals surface area contributed by atoms with E-state index < -0.39 is 36.2 Å². The maximum atomic E-state index is 13.3. The van der Waals surface area contributed by atoms with Gasteiger partial charge in [-0.3, -0.25) is 4.79 Å². The zero-order valence-corrected chi connectivity index (χ0v) is 19.5. The van der Waals surface area contributed by atoms with Crippen molar-refractivity contribution in [2.45, 2.75) is 30.5 Å². The summed E-state index contributed by atoms with van der Waals surface area (Å²) >= 11 is 1.27. The molecule has 1 aliphatic heterocycles. The lowest BCUT2D eigenvalue weighted by atomic mass is 9.98. The van der Waals surface area contributed by atoms with Crippen molar-refractivity contribution in [3.63, 3.8) is 0 Å². The van der Waals surface area contributed by atoms with Crippen molar-refractivity contribution in [1.82, 2.24) is 10.2 Å². The minimum Gasteiger partial charge on any atom is -0.480 e. The van der Waals surface area contributed by atoms with Crippen LogP contribution in [0.5, 0.6) is 0 Å². The van der Waals surface area contributed by atoms with Gasteiger partial charge >= 0.3 is 12.1 Å². The SMILES string of the molecule is O=C(NC(C(=O)N1C[C@H](O)C[C@H]1C(=O)O)c1cccs1)OCC1c2ccccc2-c2ccccc21. The molecule has 2 aliphatic rings. The van der Waals surface area contributed by atoms with Crippen LogP contribution in [-0.4, -0.2) is 58.4 Å². The molecule has 0 radical (unpaired) electrons. The van der Waals surface area contributed by atoms with Crippen molar-refractivity contribution < 1.29 is 29.3 Å². The predicted molar refractivity (Wildman–Crippen MR) is 129 cm³/mol. The smallest absolute Gasteiger partial charge is 0.408 e. The molecule has 3 aromatic rings. The number of amides is 2. The van der Waals surface area contributed by atoms with Crippen LogP contribution >= 0.6 is 11.3 Å². The number of rotatable bonds is 6. The van der Waals surface area contributed by atoms with E-state index in [1.807, 2.05) is 48.5 Å². The summed E-state index contributed by atoms with van der Waals surface area (Å²) in [6.07, 6.45) is -1.76. The van der Waals surface area contributed by atoms with Crippen molar-refractivity contribution in [2.24, 2.45) is 0 Å². The number of alkyl carbamates (subject to hydrolysis) is 1. The number of aliphatic hydroxyl groups excluding tert-OH is 1. The molecule has 180 valence electrons. The van der Waals surface area contributed by atoms with Gasteiger partial charge in [-0.25, -0.2) is 9.59 Å². The lowest BCUT2D eigenvalue weighted by molar-refractivity contribution is -0.149. The van der Waals surface area contributed by atoms with E-state index in [2.05, 4.69) is 5.32 Å². The van der Waals surface area contributed by atoms with Crippen LogP contribution in [0.3, 0.4) is 0 Å². The number of aliphatic carboxylic acids is 1. The van der Waals surface area contributed by atoms with Crippen LogP contribution in [0, 0.1) is 0 Å². The fourth-order valence-electron chi connectivity index (χ4n) is 4.93. The minimum absolute atomic E-state index is 0.0524. The van der Waals surface area contributed by atoms with Crippen LogP contribution in [0.2, 0.25) is 0 Å². The second-order valence-corrected chi connectivity index (χ2v) is 9.63. The number of hydrogen-bond acceptors (Lipinski definition) is 6. The highest BCUT2D eigenvalue weighted by molar-refractivity contribution is 7.10. The zero-order chi connectivity index (χ0) is 24.5. The molecule has 3 N–H and O–H groups in total. The first-order chi connectivity index (χ1) is 16.9. The van der Waals surface area contributed by atoms with E-state index in [9.17, 15) is 24.6 Å². The molecule has 35 heavy (non-hydrogen) atoms. The molecule has 1 fully saturated rings. The third kappa shape index (κ3) is 4.40. The number of carbonyl (C=O) groups is 3. The van der Waals surface area contributed by atoms with E-state index in [0.717, 1.165) is 27.2 Å². The molecule has 1 aliphatic carbocycles. The number of nitrogens with one attached hydrogen (secondary N) is 1. The highest BCUT2D eigenvalue weighted by atomic mass is 32.1. The summed E-state index contributed by atoms with van der Waals surface area (Å²) < 4.78 is 5.59. The molecule has 1 unspecified atom stereocenters. The number of likely N-dealkylation sites (tertiary alicyclic amines) is 1. The lowest BCUT2D eigenvalue weighted by Crippen LogP contribution is -2.47. The molecule has 0 bridgehead atoms. The van der Waals surface area contributed by atoms with Crippen LogP contribution in [-0.2, 0) is 14.3 Å². The Morgan fingerprint density at radius 2 is 1.69 bits per heavy atom. The van der Waals surface area contributed by atoms with E-state index in [1.165, 1.54) is 11.3 Å². The van der Waals surface area contributed by atoms with E-state index in [0.29, 0.717) is 4.88 Å². The van der Waals surface area contributed by atoms with Gasteiger partial charge in [-0.2, -0.15) is 0 Å². The summed E-state index contributed by atoms with van der Waals surface area (Å²) in [5.41, 5.74) is 4.36. The van der Waals surface area contributed by atoms with Crippen molar-refractivity contribution >= 4 is 29.3 Å². The van der Waals surface area contributed by atoms with Gasteiger partial charge in [-0.1, -0.05) is 54.6 Å². The number of thiophene rings is 1. The average molecular weight is 493 g/mol. The Balaban J connectivity index is 1.32. The van der Waals surface area contributed by atoms with E-state index in [1.54, 1.807) is 17.5 Å². The summed E-state index contributed by atoms with van der Waals surface area (Å²) in [4.78, 5) is 39.5. The lowest BCUT2D eigenvalue weighted by Gasteiger charge is -2.26. The van der Waals surface area contributed by atoms with Gasteiger partial charge in [-0.05, 0) is 33.7 Å². The van der Waals surface area contributed by atoms with Crippen LogP contribution in [0.4, 0.5) is 4.79 Å². The normalized spacial score (nSPS) is 19.6. The first kappa shape index (κ1) is 23.1. The number of ether oxygens (including phenoxy) is 1. The monoisotopic (exact) mass is 492 g/mol. The van der Waals surface area contributed by atoms with Crippen molar-refractivity contribution in [1.29, 1.82) is 0 Å². The molecule has 0 saturated carbocycles. The quantitative estimate of drug-likeness (QED) is 0.486. The maximum Gasteiger partial charge on any atom is 0.408 e. The molecule has 9 heteroatoms. The number of carbonyl (C=O) groups excluding carboxylic acids is 2. The summed E-state index contributed by atoms with van der Waals surface area (Å²) in [5.74, 6) is -1.92. The minimum atomic E-state index is -1.19. The first-order valence-electron chi connectivity index (χ1n) is 11.3. The Labute approximate surface area is 205 Å². The maximum absolute atomic E-state index is 13.3. The molecule has 0 spiro atoms. The standard InChI is InChI=1S/C26H24N2O6S/c29-15-12-21(25(31)32)28(13-15)24(30)23(22-10-5-11-35-22)27-26(33)34-14-20-18-8-3-1-6-16(18)17-7-2-4-9-19(17)20/h1-11,15,20-21,23,29H,12-14H2,(H,27,33)(H,31,32)/t15-,21+,23?/m1/s1. The Bertz CT molecular complexity index is 1210. The number of nitrogens with zero attached hydrogens (tertiary/aromatic N) is 1. The molecule has 1 saturated heterocycles. The van der Waals surface area contributed by atoms with Crippen molar-refractivity contribution in [3.8, 4) is 11.1 Å². The summed E-state index contributed by atoms with van der Waals surface area (Å²) in [6, 6.07) is 17.2. The number of fused-ring (bicyclic) bond motifs is 3. The summed E-state index contributed by atoms with van der Waals surface area (Å²) in [7, 11) is 0. The third-order valence-corrected chi connectivity index (χ3v) is 7.46. The Morgan fingerprint density at radius 1 is 1.03 bits per heavy atom. The van der Waals surface area contributed by atoms with Crippen LogP contribution in [0.15, 0.2) is 66.0 Å². The number of carboxylic acids is 1. The largest absolute Gasteiger partial charge is 0.480 e. The van der Waals surface area contributed by atoms with Crippen LogP contribution in [0.25, 0.3) is 11.1 Å². The summed E-state index contributed by atoms with van der Waals surface area (Å²) in [6.45, 7) is -0.0184. The van der Waals surface area contributed by atoms with E-state index in [4.69, 9.17) is 4.74 Å². The van der Waals surface area contributed by atoms with Gasteiger partial charge in [-0.15, -0.1) is 11.3 Å². The van der Waals surface area contributed by atoms with Gasteiger partial charge < -0.3 is 25.2 Å². The molecule has 5 rings (SSSR count). The molecular formula is C26H24N2O6S. The molecule has 2 heterocycles. The Kier molecular flexibility index (Phi) is 6.27. The van der Waals surface area contributed by atoms with Gasteiger partial charge in [0.1, 0.15) is 18.7 Å². The molecule has 2 amide bonds. The van der Waals surface area contributed by atoms with Gasteiger partial charge in [0.15, 0.2) is 0 Å². The van der Waals surface area contributed by atoms with Gasteiger partial charge in [0.2, 0.25) is 0 Å². The van der Waals surface area contributed by atoms with E-state index >= 15 is 0 Å². The number of benzene rings is 2. The van der Waals surface area contributed by atoms with Crippen LogP contribution < -0.4 is 5.32 Å². The molecule has 8 nitrogen and oxygen atoms in total. The number of β-amino-alcohol motifs (C(OH)–C–C–N with tert-alkyl or cyclic N) is 1. The number of hydrogen-bond donors (Lipinski definition) is 3. The highest BCUT2D eigenvalue weighted by Gasteiger charge is 2.42. The van der Waals surface area contributed by atoms with Gasteiger partial charge in [0, 0.05) is 23.8 Å². The van der Waals surface area contributed by atoms with Crippen molar-refractivity contribution in [3.05, 3.63) is 82.0 Å². The van der Waals surface area contributed by atoms with Crippen molar-refractivity contribution in [2.75, 3.05) is 13.2 Å². The topological polar surface area (TPSA) is 116 Å². The van der Waals surface area contributed by atoms with Gasteiger partial charge in [0.25, 0.3) is 5.91 Å². The Morgan fingerprint density at radius 3 is 2.29 bits per heavy atom. The fraction of sp³-hybridized carbons (Fsp3) is 0.269. The molecule has 2 aromatic carbocycles. The highest BCUT2D eigenvalue weighted by Crippen LogP contribution is 2.44. The first-order valence-corrected chi connectivity index (χ1v) is 12.2. The third-order valence-electron chi connectivity index (χ3n) is 6.53. The predicted octanol–water partition coefficient (Wildman–Crippen LogP) is 3.37. The summed E-state index contributed by atoms with van der Waals surface area (Å²) in [5, 5.41) is 23.8. The second-order valence-electron chi connectivity index (χ2n) is 8.65. The van der Waals surface area contributed by atoms with E-state index in [-0.39, 0.29) is 25.5 Å². The second kappa shape index (κ2) is 9.52. The fourth-order valence-corrected chi connectivity index (χ4v) is 5.69. The molecule has 3 atom stereocenters. The van der Waals surface area contributed by atoms with Gasteiger partial charge in [0.05, 0.1) is 6.10 Å². The zero-order valence-electron chi connectivity index (χ0n) is 18.7. The number of aliphatic hydroxyl groups is 1. The van der Waals surface area contributed by atoms with Crippen LogP contribution in [0.1, 0.15) is 34.4 Å². The average Bonchev–Trinajstić information content (AvgIpc) is 3.59.